The summed E-state index contributed by atoms with van der Waals surface area (Å²) in [6, 6.07) is 7.12. The fourth-order valence-electron chi connectivity index (χ4n) is 1.50. The molecule has 78 valence electrons. The van der Waals surface area contributed by atoms with Gasteiger partial charge in [-0.15, -0.1) is 0 Å². The summed E-state index contributed by atoms with van der Waals surface area (Å²) in [5.41, 5.74) is 1.09. The zero-order valence-electron chi connectivity index (χ0n) is 7.90. The number of hydrogen-bond donors (Lipinski definition) is 1. The van der Waals surface area contributed by atoms with Gasteiger partial charge in [-0.2, -0.15) is 0 Å². The second kappa shape index (κ2) is 3.73. The molecule has 2 rings (SSSR count). The van der Waals surface area contributed by atoms with Gasteiger partial charge in [0.15, 0.2) is 0 Å². The molecular weight excluding hydrogens is 309 g/mol. The molecule has 0 atom stereocenters. The Morgan fingerprint density at radius 1 is 1.53 bits per heavy atom. The maximum Gasteiger partial charge on any atom is 0.353 e. The van der Waals surface area contributed by atoms with Crippen LogP contribution in [0.1, 0.15) is 10.5 Å². The fraction of sp³-hybridized carbons (Fsp3) is 0.100. The summed E-state index contributed by atoms with van der Waals surface area (Å²) in [6.45, 7) is 0. The van der Waals surface area contributed by atoms with Crippen LogP contribution < -0.4 is 4.74 Å². The van der Waals surface area contributed by atoms with Crippen LogP contribution in [0.5, 0.6) is 5.75 Å². The monoisotopic (exact) mass is 317 g/mol. The van der Waals surface area contributed by atoms with Crippen molar-refractivity contribution in [3.63, 3.8) is 0 Å². The Hall–Kier alpha value is -1.24. The summed E-state index contributed by atoms with van der Waals surface area (Å²) in [5, 5.41) is 9.78. The lowest BCUT2D eigenvalue weighted by Crippen LogP contribution is -1.99. The molecule has 5 heteroatoms. The van der Waals surface area contributed by atoms with Crippen LogP contribution in [0.3, 0.4) is 0 Å². The van der Waals surface area contributed by atoms with Gasteiger partial charge in [0.05, 0.1) is 35.5 Å². The molecule has 0 bridgehead atoms. The minimum absolute atomic E-state index is 0.245. The van der Waals surface area contributed by atoms with Gasteiger partial charge in [0.25, 0.3) is 0 Å². The third kappa shape index (κ3) is 1.56. The van der Waals surface area contributed by atoms with Crippen LogP contribution in [0.25, 0.3) is 10.9 Å². The van der Waals surface area contributed by atoms with Crippen molar-refractivity contribution in [2.75, 3.05) is 7.11 Å². The first-order valence-corrected chi connectivity index (χ1v) is 5.19. The van der Waals surface area contributed by atoms with Crippen molar-refractivity contribution < 1.29 is 14.6 Å². The average Bonchev–Trinajstić information content (AvgIpc) is 2.56. The van der Waals surface area contributed by atoms with E-state index in [9.17, 15) is 4.79 Å². The zero-order valence-corrected chi connectivity index (χ0v) is 10.1. The number of fused-ring (bicyclic) bond motifs is 1. The summed E-state index contributed by atoms with van der Waals surface area (Å²) in [7, 11) is 1.57. The smallest absolute Gasteiger partial charge is 0.353 e. The van der Waals surface area contributed by atoms with E-state index < -0.39 is 5.97 Å². The van der Waals surface area contributed by atoms with Crippen LogP contribution >= 0.6 is 22.9 Å². The number of aromatic nitrogens is 1. The van der Waals surface area contributed by atoms with E-state index in [0.717, 1.165) is 10.9 Å². The second-order valence-corrected chi connectivity index (χ2v) is 3.97. The lowest BCUT2D eigenvalue weighted by molar-refractivity contribution is 0.0691. The van der Waals surface area contributed by atoms with E-state index in [2.05, 4.69) is 0 Å². The maximum absolute atomic E-state index is 10.9. The summed E-state index contributed by atoms with van der Waals surface area (Å²) in [5.74, 6) is -0.256. The summed E-state index contributed by atoms with van der Waals surface area (Å²) >= 11 is 1.96. The van der Waals surface area contributed by atoms with Crippen molar-refractivity contribution in [2.24, 2.45) is 0 Å². The Morgan fingerprint density at radius 2 is 2.27 bits per heavy atom. The zero-order chi connectivity index (χ0) is 11.0. The molecule has 0 spiro atoms. The molecule has 0 aliphatic rings. The fourth-order valence-corrected chi connectivity index (χ4v) is 2.26. The van der Waals surface area contributed by atoms with Crippen molar-refractivity contribution in [3.05, 3.63) is 30.0 Å². The molecule has 0 amide bonds. The molecule has 1 N–H and O–H groups in total. The van der Waals surface area contributed by atoms with E-state index in [4.69, 9.17) is 9.84 Å². The van der Waals surface area contributed by atoms with Gasteiger partial charge in [-0.3, -0.25) is 2.78 Å². The SMILES string of the molecule is COc1cccc2c1cc(C(=O)O)n2I. The number of carbonyl (C=O) groups is 1. The van der Waals surface area contributed by atoms with Gasteiger partial charge in [-0.25, -0.2) is 4.79 Å². The molecule has 2 aromatic rings. The van der Waals surface area contributed by atoms with E-state index >= 15 is 0 Å². The number of ether oxygens (including phenoxy) is 1. The van der Waals surface area contributed by atoms with Crippen molar-refractivity contribution >= 4 is 39.7 Å². The predicted octanol–water partition coefficient (Wildman–Crippen LogP) is 2.55. The highest BCUT2D eigenvalue weighted by molar-refractivity contribution is 14.1. The topological polar surface area (TPSA) is 51.5 Å². The van der Waals surface area contributed by atoms with E-state index in [1.807, 2.05) is 41.1 Å². The first-order chi connectivity index (χ1) is 7.15. The first kappa shape index (κ1) is 10.3. The van der Waals surface area contributed by atoms with Crippen LogP contribution in [-0.2, 0) is 0 Å². The van der Waals surface area contributed by atoms with E-state index in [-0.39, 0.29) is 5.69 Å². The van der Waals surface area contributed by atoms with Gasteiger partial charge in [0, 0.05) is 5.39 Å². The van der Waals surface area contributed by atoms with E-state index in [1.165, 1.54) is 0 Å². The molecule has 0 aliphatic heterocycles. The van der Waals surface area contributed by atoms with Gasteiger partial charge >= 0.3 is 5.97 Å². The molecule has 0 saturated heterocycles. The first-order valence-electron chi connectivity index (χ1n) is 4.23. The van der Waals surface area contributed by atoms with Crippen LogP contribution in [0.15, 0.2) is 24.3 Å². The highest BCUT2D eigenvalue weighted by Crippen LogP contribution is 2.30. The number of carboxylic acid groups (broad SMARTS) is 1. The lowest BCUT2D eigenvalue weighted by atomic mass is 10.2. The largest absolute Gasteiger partial charge is 0.496 e. The predicted molar refractivity (Wildman–Crippen MR) is 64.9 cm³/mol. The Morgan fingerprint density at radius 3 is 2.87 bits per heavy atom. The minimum Gasteiger partial charge on any atom is -0.496 e. The van der Waals surface area contributed by atoms with Crippen LogP contribution in [0.2, 0.25) is 0 Å². The molecular formula is C10H8INO3. The number of methoxy groups -OCH3 is 1. The molecule has 15 heavy (non-hydrogen) atoms. The van der Waals surface area contributed by atoms with Crippen molar-refractivity contribution in [1.82, 2.24) is 2.78 Å². The van der Waals surface area contributed by atoms with Crippen LogP contribution in [0.4, 0.5) is 0 Å². The standard InChI is InChI=1S/C10H8INO3/c1-15-9-4-2-3-7-6(9)5-8(10(13)14)12(7)11/h2-5H,1H3,(H,13,14). The number of aromatic carboxylic acids is 1. The minimum atomic E-state index is -0.942. The van der Waals surface area contributed by atoms with E-state index in [1.54, 1.807) is 16.0 Å². The van der Waals surface area contributed by atoms with Crippen LogP contribution in [-0.4, -0.2) is 21.0 Å². The van der Waals surface area contributed by atoms with Gasteiger partial charge < -0.3 is 9.84 Å². The molecule has 0 radical (unpaired) electrons. The Labute approximate surface area is 99.9 Å². The number of rotatable bonds is 2. The number of halogens is 1. The molecule has 0 unspecified atom stereocenters. The van der Waals surface area contributed by atoms with Gasteiger partial charge in [0.1, 0.15) is 11.4 Å². The number of hydrogen-bond acceptors (Lipinski definition) is 2. The van der Waals surface area contributed by atoms with Crippen molar-refractivity contribution in [3.8, 4) is 5.75 Å². The summed E-state index contributed by atoms with van der Waals surface area (Å²) < 4.78 is 6.78. The molecule has 1 aromatic heterocycles. The maximum atomic E-state index is 10.9. The van der Waals surface area contributed by atoms with Crippen molar-refractivity contribution in [1.29, 1.82) is 0 Å². The number of carboxylic acids is 1. The molecule has 1 heterocycles. The van der Waals surface area contributed by atoms with E-state index in [0.29, 0.717) is 5.75 Å². The third-order valence-corrected chi connectivity index (χ3v) is 3.23. The van der Waals surface area contributed by atoms with Crippen LogP contribution in [0, 0.1) is 0 Å². The Balaban J connectivity index is 2.81. The highest BCUT2D eigenvalue weighted by Gasteiger charge is 2.14. The molecule has 0 fully saturated rings. The summed E-state index contributed by atoms with van der Waals surface area (Å²) in [6.07, 6.45) is 0. The second-order valence-electron chi connectivity index (χ2n) is 3.01. The molecule has 4 nitrogen and oxygen atoms in total. The van der Waals surface area contributed by atoms with Crippen molar-refractivity contribution in [2.45, 2.75) is 0 Å². The Bertz CT molecular complexity index is 533. The van der Waals surface area contributed by atoms with Gasteiger partial charge in [-0.05, 0) is 18.2 Å². The molecule has 0 saturated carbocycles. The highest BCUT2D eigenvalue weighted by atomic mass is 127. The summed E-state index contributed by atoms with van der Waals surface area (Å²) in [4.78, 5) is 10.9. The quantitative estimate of drug-likeness (QED) is 0.866. The van der Waals surface area contributed by atoms with Gasteiger partial charge in [-0.1, -0.05) is 6.07 Å². The third-order valence-electron chi connectivity index (χ3n) is 2.19. The van der Waals surface area contributed by atoms with Gasteiger partial charge in [0.2, 0.25) is 0 Å². The number of benzene rings is 1. The normalized spacial score (nSPS) is 10.5. The molecule has 0 aliphatic carbocycles. The molecule has 1 aromatic carbocycles. The number of nitrogens with zero attached hydrogens (tertiary/aromatic N) is 1. The average molecular weight is 317 g/mol. The lowest BCUT2D eigenvalue weighted by Gasteiger charge is -2.00. The Kier molecular flexibility index (Phi) is 2.56.